The standard InChI is InChI=1S/C13H15N3O3S/c1-8-9-11(16-3-5-19-6-4-16)14-7-15-12(9)20-10(8)13(17)18-2/h7H,3-6H2,1-2H3. The molecule has 3 rings (SSSR count). The van der Waals surface area contributed by atoms with Gasteiger partial charge in [-0.25, -0.2) is 14.8 Å². The van der Waals surface area contributed by atoms with Gasteiger partial charge in [0.05, 0.1) is 25.7 Å². The summed E-state index contributed by atoms with van der Waals surface area (Å²) in [4.78, 5) is 24.1. The maximum atomic E-state index is 11.8. The van der Waals surface area contributed by atoms with Crippen LogP contribution in [0.4, 0.5) is 5.82 Å². The second kappa shape index (κ2) is 5.34. The highest BCUT2D eigenvalue weighted by Gasteiger charge is 2.23. The van der Waals surface area contributed by atoms with Crippen molar-refractivity contribution in [2.45, 2.75) is 6.92 Å². The summed E-state index contributed by atoms with van der Waals surface area (Å²) in [5.41, 5.74) is 0.888. The molecule has 20 heavy (non-hydrogen) atoms. The summed E-state index contributed by atoms with van der Waals surface area (Å²) >= 11 is 1.35. The Balaban J connectivity index is 2.13. The Hall–Kier alpha value is -1.73. The minimum absolute atomic E-state index is 0.321. The number of carbonyl (C=O) groups excluding carboxylic acids is 1. The Morgan fingerprint density at radius 2 is 2.15 bits per heavy atom. The highest BCUT2D eigenvalue weighted by molar-refractivity contribution is 7.20. The van der Waals surface area contributed by atoms with Crippen LogP contribution in [0.5, 0.6) is 0 Å². The van der Waals surface area contributed by atoms with Crippen LogP contribution in [0.15, 0.2) is 6.33 Å². The number of aryl methyl sites for hydroxylation is 1. The first-order chi connectivity index (χ1) is 9.72. The maximum Gasteiger partial charge on any atom is 0.348 e. The molecule has 1 aliphatic heterocycles. The lowest BCUT2D eigenvalue weighted by Crippen LogP contribution is -2.36. The van der Waals surface area contributed by atoms with Gasteiger partial charge in [-0.3, -0.25) is 0 Å². The molecule has 1 aliphatic rings. The van der Waals surface area contributed by atoms with Gasteiger partial charge < -0.3 is 14.4 Å². The van der Waals surface area contributed by atoms with Crippen molar-refractivity contribution < 1.29 is 14.3 Å². The van der Waals surface area contributed by atoms with Crippen LogP contribution in [0.3, 0.4) is 0 Å². The van der Waals surface area contributed by atoms with Gasteiger partial charge in [0.1, 0.15) is 21.9 Å². The largest absolute Gasteiger partial charge is 0.465 e. The minimum atomic E-state index is -0.321. The molecule has 0 radical (unpaired) electrons. The number of anilines is 1. The number of hydrogen-bond donors (Lipinski definition) is 0. The number of thiophene rings is 1. The summed E-state index contributed by atoms with van der Waals surface area (Å²) in [5.74, 6) is 0.556. The van der Waals surface area contributed by atoms with Crippen molar-refractivity contribution in [2.24, 2.45) is 0 Å². The first-order valence-corrected chi connectivity index (χ1v) is 7.19. The zero-order valence-electron chi connectivity index (χ0n) is 11.4. The average Bonchev–Trinajstić information content (AvgIpc) is 2.85. The van der Waals surface area contributed by atoms with Crippen molar-refractivity contribution in [1.29, 1.82) is 0 Å². The molecule has 3 heterocycles. The SMILES string of the molecule is COC(=O)c1sc2ncnc(N3CCOCC3)c2c1C. The molecule has 2 aromatic heterocycles. The second-order valence-electron chi connectivity index (χ2n) is 4.52. The fourth-order valence-electron chi connectivity index (χ4n) is 2.36. The molecule has 0 aromatic carbocycles. The van der Waals surface area contributed by atoms with Crippen LogP contribution < -0.4 is 4.90 Å². The molecular weight excluding hydrogens is 278 g/mol. The molecule has 0 amide bonds. The molecule has 1 fully saturated rings. The van der Waals surface area contributed by atoms with Gasteiger partial charge in [-0.1, -0.05) is 0 Å². The third-order valence-corrected chi connectivity index (χ3v) is 4.57. The summed E-state index contributed by atoms with van der Waals surface area (Å²) in [7, 11) is 1.39. The Kier molecular flexibility index (Phi) is 3.54. The molecule has 0 bridgehead atoms. The summed E-state index contributed by atoms with van der Waals surface area (Å²) < 4.78 is 10.2. The molecule has 0 saturated carbocycles. The minimum Gasteiger partial charge on any atom is -0.465 e. The number of esters is 1. The molecule has 0 N–H and O–H groups in total. The zero-order valence-corrected chi connectivity index (χ0v) is 12.2. The smallest absolute Gasteiger partial charge is 0.348 e. The van der Waals surface area contributed by atoms with Crippen LogP contribution in [0.25, 0.3) is 10.2 Å². The van der Waals surface area contributed by atoms with E-state index in [2.05, 4.69) is 14.9 Å². The van der Waals surface area contributed by atoms with E-state index in [1.165, 1.54) is 18.4 Å². The highest BCUT2D eigenvalue weighted by Crippen LogP contribution is 2.35. The van der Waals surface area contributed by atoms with E-state index < -0.39 is 0 Å². The molecule has 7 heteroatoms. The summed E-state index contributed by atoms with van der Waals surface area (Å²) in [6.45, 7) is 4.90. The van der Waals surface area contributed by atoms with E-state index >= 15 is 0 Å². The van der Waals surface area contributed by atoms with Gasteiger partial charge in [-0.2, -0.15) is 0 Å². The molecule has 0 unspecified atom stereocenters. The fourth-order valence-corrected chi connectivity index (χ4v) is 3.42. The van der Waals surface area contributed by atoms with Crippen LogP contribution in [0.1, 0.15) is 15.2 Å². The zero-order chi connectivity index (χ0) is 14.1. The van der Waals surface area contributed by atoms with Crippen molar-refractivity contribution in [1.82, 2.24) is 9.97 Å². The molecule has 0 spiro atoms. The third-order valence-electron chi connectivity index (χ3n) is 3.39. The predicted molar refractivity (Wildman–Crippen MR) is 76.5 cm³/mol. The van der Waals surface area contributed by atoms with Crippen molar-refractivity contribution in [3.8, 4) is 0 Å². The van der Waals surface area contributed by atoms with E-state index in [9.17, 15) is 4.79 Å². The van der Waals surface area contributed by atoms with E-state index in [4.69, 9.17) is 9.47 Å². The van der Waals surface area contributed by atoms with E-state index in [1.807, 2.05) is 6.92 Å². The normalized spacial score (nSPS) is 15.6. The number of nitrogens with zero attached hydrogens (tertiary/aromatic N) is 3. The first-order valence-electron chi connectivity index (χ1n) is 6.37. The Morgan fingerprint density at radius 3 is 2.85 bits per heavy atom. The number of morpholine rings is 1. The number of rotatable bonds is 2. The third kappa shape index (κ3) is 2.12. The fraction of sp³-hybridized carbons (Fsp3) is 0.462. The van der Waals surface area contributed by atoms with E-state index in [0.717, 1.165) is 34.7 Å². The molecule has 1 saturated heterocycles. The second-order valence-corrected chi connectivity index (χ2v) is 5.52. The molecule has 2 aromatic rings. The lowest BCUT2D eigenvalue weighted by Gasteiger charge is -2.28. The van der Waals surface area contributed by atoms with Crippen LogP contribution >= 0.6 is 11.3 Å². The van der Waals surface area contributed by atoms with Crippen LogP contribution in [0, 0.1) is 6.92 Å². The first kappa shape index (κ1) is 13.3. The monoisotopic (exact) mass is 293 g/mol. The summed E-state index contributed by atoms with van der Waals surface area (Å²) in [5, 5.41) is 0.944. The summed E-state index contributed by atoms with van der Waals surface area (Å²) in [6.07, 6.45) is 1.55. The van der Waals surface area contributed by atoms with Crippen molar-refractivity contribution in [3.05, 3.63) is 16.8 Å². The van der Waals surface area contributed by atoms with Crippen molar-refractivity contribution >= 4 is 33.3 Å². The Labute approximate surface area is 120 Å². The van der Waals surface area contributed by atoms with Gasteiger partial charge in [0.2, 0.25) is 0 Å². The van der Waals surface area contributed by atoms with Crippen LogP contribution in [-0.2, 0) is 9.47 Å². The lowest BCUT2D eigenvalue weighted by atomic mass is 10.2. The van der Waals surface area contributed by atoms with Gasteiger partial charge in [-0.05, 0) is 12.5 Å². The van der Waals surface area contributed by atoms with Gasteiger partial charge in [-0.15, -0.1) is 11.3 Å². The number of fused-ring (bicyclic) bond motifs is 1. The van der Waals surface area contributed by atoms with Gasteiger partial charge in [0, 0.05) is 13.1 Å². The van der Waals surface area contributed by atoms with Crippen LogP contribution in [-0.4, -0.2) is 49.4 Å². The average molecular weight is 293 g/mol. The number of carbonyl (C=O) groups is 1. The Morgan fingerprint density at radius 1 is 1.40 bits per heavy atom. The van der Waals surface area contributed by atoms with E-state index in [1.54, 1.807) is 6.33 Å². The summed E-state index contributed by atoms with van der Waals surface area (Å²) in [6, 6.07) is 0. The number of ether oxygens (including phenoxy) is 2. The topological polar surface area (TPSA) is 64.5 Å². The van der Waals surface area contributed by atoms with Gasteiger partial charge >= 0.3 is 5.97 Å². The molecular formula is C13H15N3O3S. The molecule has 0 atom stereocenters. The highest BCUT2D eigenvalue weighted by atomic mass is 32.1. The molecule has 106 valence electrons. The van der Waals surface area contributed by atoms with E-state index in [-0.39, 0.29) is 5.97 Å². The quantitative estimate of drug-likeness (QED) is 0.784. The van der Waals surface area contributed by atoms with Gasteiger partial charge in [0.25, 0.3) is 0 Å². The van der Waals surface area contributed by atoms with Gasteiger partial charge in [0.15, 0.2) is 0 Å². The molecule has 0 aliphatic carbocycles. The Bertz CT molecular complexity index is 650. The predicted octanol–water partition coefficient (Wildman–Crippen LogP) is 1.62. The van der Waals surface area contributed by atoms with E-state index in [0.29, 0.717) is 18.1 Å². The molecule has 6 nitrogen and oxygen atoms in total. The number of aromatic nitrogens is 2. The number of hydrogen-bond acceptors (Lipinski definition) is 7. The number of methoxy groups -OCH3 is 1. The van der Waals surface area contributed by atoms with Crippen molar-refractivity contribution in [3.63, 3.8) is 0 Å². The van der Waals surface area contributed by atoms with Crippen LogP contribution in [0.2, 0.25) is 0 Å². The lowest BCUT2D eigenvalue weighted by molar-refractivity contribution is 0.0605. The maximum absolute atomic E-state index is 11.8. The van der Waals surface area contributed by atoms with Crippen molar-refractivity contribution in [2.75, 3.05) is 38.3 Å².